The van der Waals surface area contributed by atoms with E-state index in [9.17, 15) is 0 Å². The van der Waals surface area contributed by atoms with E-state index < -0.39 is 0 Å². The first kappa shape index (κ1) is 12.3. The molecule has 1 heterocycles. The van der Waals surface area contributed by atoms with Crippen molar-refractivity contribution >= 4 is 5.84 Å². The van der Waals surface area contributed by atoms with E-state index in [1.165, 1.54) is 11.1 Å². The largest absolute Gasteiger partial charge is 0.382 e. The van der Waals surface area contributed by atoms with Gasteiger partial charge in [0.2, 0.25) is 0 Å². The molecular weight excluding hydrogens is 222 g/mol. The molecule has 2 rings (SSSR count). The third-order valence-electron chi connectivity index (χ3n) is 2.73. The van der Waals surface area contributed by atoms with E-state index in [0.29, 0.717) is 12.4 Å². The monoisotopic (exact) mass is 239 g/mol. The maximum atomic E-state index is 5.87. The van der Waals surface area contributed by atoms with Crippen LogP contribution in [0.3, 0.4) is 0 Å². The van der Waals surface area contributed by atoms with Crippen molar-refractivity contribution in [3.63, 3.8) is 0 Å². The van der Waals surface area contributed by atoms with E-state index in [-0.39, 0.29) is 0 Å². The summed E-state index contributed by atoms with van der Waals surface area (Å²) in [7, 11) is 0. The molecule has 0 fully saturated rings. The number of benzene rings is 1. The average Bonchev–Trinajstić information content (AvgIpc) is 2.42. The Morgan fingerprint density at radius 1 is 1.17 bits per heavy atom. The van der Waals surface area contributed by atoms with Gasteiger partial charge in [0.1, 0.15) is 11.5 Å². The Bertz CT molecular complexity index is 515. The van der Waals surface area contributed by atoms with E-state index in [1.807, 2.05) is 18.2 Å². The van der Waals surface area contributed by atoms with Gasteiger partial charge in [-0.2, -0.15) is 0 Å². The van der Waals surface area contributed by atoms with Crippen LogP contribution < -0.4 is 5.73 Å². The van der Waals surface area contributed by atoms with Gasteiger partial charge < -0.3 is 5.73 Å². The maximum absolute atomic E-state index is 5.87. The molecule has 0 saturated carbocycles. The third-order valence-corrected chi connectivity index (χ3v) is 2.73. The fourth-order valence-electron chi connectivity index (χ4n) is 1.66. The highest BCUT2D eigenvalue weighted by Gasteiger charge is 1.98. The highest BCUT2D eigenvalue weighted by molar-refractivity contribution is 5.95. The van der Waals surface area contributed by atoms with Crippen molar-refractivity contribution in [2.24, 2.45) is 10.7 Å². The zero-order chi connectivity index (χ0) is 12.8. The molecule has 0 spiro atoms. The Balaban J connectivity index is 1.93. The summed E-state index contributed by atoms with van der Waals surface area (Å²) in [5.41, 5.74) is 9.16. The third kappa shape index (κ3) is 3.42. The van der Waals surface area contributed by atoms with Gasteiger partial charge in [0.25, 0.3) is 0 Å². The van der Waals surface area contributed by atoms with Crippen molar-refractivity contribution in [2.75, 3.05) is 6.54 Å². The van der Waals surface area contributed by atoms with Crippen LogP contribution in [0, 0.1) is 6.92 Å². The van der Waals surface area contributed by atoms with Crippen LogP contribution in [-0.4, -0.2) is 17.4 Å². The number of nitrogens with two attached hydrogens (primary N) is 1. The number of pyridine rings is 1. The molecule has 0 aliphatic heterocycles. The van der Waals surface area contributed by atoms with Crippen LogP contribution in [0.15, 0.2) is 53.7 Å². The van der Waals surface area contributed by atoms with Crippen molar-refractivity contribution in [1.29, 1.82) is 0 Å². The molecular formula is C15H17N3. The van der Waals surface area contributed by atoms with Gasteiger partial charge in [-0.25, -0.2) is 0 Å². The van der Waals surface area contributed by atoms with Gasteiger partial charge in [0, 0.05) is 12.7 Å². The fraction of sp³-hybridized carbons (Fsp3) is 0.200. The summed E-state index contributed by atoms with van der Waals surface area (Å²) in [5.74, 6) is 0.503. The normalized spacial score (nSPS) is 11.5. The van der Waals surface area contributed by atoms with Gasteiger partial charge in [0.05, 0.1) is 0 Å². The van der Waals surface area contributed by atoms with E-state index >= 15 is 0 Å². The number of hydrogen-bond acceptors (Lipinski definition) is 2. The van der Waals surface area contributed by atoms with Crippen LogP contribution in [0.1, 0.15) is 16.8 Å². The van der Waals surface area contributed by atoms with Gasteiger partial charge in [-0.15, -0.1) is 0 Å². The molecule has 92 valence electrons. The Kier molecular flexibility index (Phi) is 4.07. The minimum absolute atomic E-state index is 0.503. The fourth-order valence-corrected chi connectivity index (χ4v) is 1.66. The molecule has 1 aromatic heterocycles. The lowest BCUT2D eigenvalue weighted by atomic mass is 10.1. The van der Waals surface area contributed by atoms with Gasteiger partial charge in [-0.1, -0.05) is 35.9 Å². The molecule has 1 aromatic carbocycles. The van der Waals surface area contributed by atoms with Gasteiger partial charge in [-0.05, 0) is 31.0 Å². The molecule has 2 aromatic rings. The van der Waals surface area contributed by atoms with Crippen LogP contribution in [-0.2, 0) is 6.42 Å². The number of rotatable bonds is 4. The predicted octanol–water partition coefficient (Wildman–Crippen LogP) is 2.34. The second-order valence-electron chi connectivity index (χ2n) is 4.22. The highest BCUT2D eigenvalue weighted by Crippen LogP contribution is 2.04. The Labute approximate surface area is 107 Å². The number of nitrogens with zero attached hydrogens (tertiary/aromatic N) is 2. The molecule has 3 nitrogen and oxygen atoms in total. The van der Waals surface area contributed by atoms with E-state index in [4.69, 9.17) is 5.73 Å². The number of amidine groups is 1. The molecule has 0 radical (unpaired) electrons. The summed E-state index contributed by atoms with van der Waals surface area (Å²) in [6, 6.07) is 14.1. The van der Waals surface area contributed by atoms with Crippen molar-refractivity contribution in [3.05, 3.63) is 65.5 Å². The second kappa shape index (κ2) is 5.96. The summed E-state index contributed by atoms with van der Waals surface area (Å²) in [5, 5.41) is 0. The first-order valence-electron chi connectivity index (χ1n) is 6.02. The van der Waals surface area contributed by atoms with Gasteiger partial charge >= 0.3 is 0 Å². The minimum atomic E-state index is 0.503. The first-order chi connectivity index (χ1) is 8.75. The van der Waals surface area contributed by atoms with Crippen molar-refractivity contribution < 1.29 is 0 Å². The lowest BCUT2D eigenvalue weighted by molar-refractivity contribution is 0.963. The zero-order valence-electron chi connectivity index (χ0n) is 10.5. The molecule has 0 atom stereocenters. The number of aromatic nitrogens is 1. The molecule has 0 aliphatic rings. The zero-order valence-corrected chi connectivity index (χ0v) is 10.5. The number of hydrogen-bond donors (Lipinski definition) is 1. The van der Waals surface area contributed by atoms with Crippen LogP contribution in [0.5, 0.6) is 0 Å². The average molecular weight is 239 g/mol. The SMILES string of the molecule is Cc1ccc(CC/N=C(\N)c2ccccn2)cc1. The summed E-state index contributed by atoms with van der Waals surface area (Å²) >= 11 is 0. The molecule has 0 unspecified atom stereocenters. The summed E-state index contributed by atoms with van der Waals surface area (Å²) in [6.45, 7) is 2.77. The van der Waals surface area contributed by atoms with Gasteiger partial charge in [0.15, 0.2) is 0 Å². The standard InChI is InChI=1S/C15H17N3/c1-12-5-7-13(8-6-12)9-11-18-15(16)14-4-2-3-10-17-14/h2-8,10H,9,11H2,1H3,(H2,16,18). The Morgan fingerprint density at radius 2 is 1.94 bits per heavy atom. The van der Waals surface area contributed by atoms with Crippen molar-refractivity contribution in [3.8, 4) is 0 Å². The van der Waals surface area contributed by atoms with Crippen LogP contribution in [0.2, 0.25) is 0 Å². The predicted molar refractivity (Wildman–Crippen MR) is 74.7 cm³/mol. The molecule has 0 saturated heterocycles. The molecule has 3 heteroatoms. The molecule has 0 aliphatic carbocycles. The Hall–Kier alpha value is -2.16. The van der Waals surface area contributed by atoms with Crippen LogP contribution in [0.25, 0.3) is 0 Å². The smallest absolute Gasteiger partial charge is 0.144 e. The van der Waals surface area contributed by atoms with E-state index in [1.54, 1.807) is 6.20 Å². The topological polar surface area (TPSA) is 51.3 Å². The minimum Gasteiger partial charge on any atom is -0.382 e. The molecule has 0 amide bonds. The summed E-state index contributed by atoms with van der Waals surface area (Å²) in [6.07, 6.45) is 2.62. The first-order valence-corrected chi connectivity index (χ1v) is 6.02. The van der Waals surface area contributed by atoms with Crippen LogP contribution in [0.4, 0.5) is 0 Å². The van der Waals surface area contributed by atoms with Crippen molar-refractivity contribution in [1.82, 2.24) is 4.98 Å². The lowest BCUT2D eigenvalue weighted by Crippen LogP contribution is -2.15. The van der Waals surface area contributed by atoms with Crippen LogP contribution >= 0.6 is 0 Å². The summed E-state index contributed by atoms with van der Waals surface area (Å²) < 4.78 is 0. The summed E-state index contributed by atoms with van der Waals surface area (Å²) in [4.78, 5) is 8.50. The van der Waals surface area contributed by atoms with Gasteiger partial charge in [-0.3, -0.25) is 9.98 Å². The molecule has 2 N–H and O–H groups in total. The van der Waals surface area contributed by atoms with E-state index in [0.717, 1.165) is 12.1 Å². The molecule has 18 heavy (non-hydrogen) atoms. The highest BCUT2D eigenvalue weighted by atomic mass is 14.9. The second-order valence-corrected chi connectivity index (χ2v) is 4.22. The number of aliphatic imine (C=N–C) groups is 1. The molecule has 0 bridgehead atoms. The van der Waals surface area contributed by atoms with E-state index in [2.05, 4.69) is 41.2 Å². The lowest BCUT2D eigenvalue weighted by Gasteiger charge is -2.01. The maximum Gasteiger partial charge on any atom is 0.144 e. The Morgan fingerprint density at radius 3 is 2.61 bits per heavy atom. The quantitative estimate of drug-likeness (QED) is 0.657. The van der Waals surface area contributed by atoms with Crippen molar-refractivity contribution in [2.45, 2.75) is 13.3 Å². The number of aryl methyl sites for hydroxylation is 1.